The van der Waals surface area contributed by atoms with Crippen LogP contribution in [0.25, 0.3) is 0 Å². The van der Waals surface area contributed by atoms with Crippen LogP contribution in [-0.4, -0.2) is 16.5 Å². The average Bonchev–Trinajstić information content (AvgIpc) is 2.04. The number of nitrogens with zero attached hydrogens (tertiary/aromatic N) is 1. The Hall–Kier alpha value is -0.830. The van der Waals surface area contributed by atoms with Gasteiger partial charge in [0.2, 0.25) is 0 Å². The maximum atomic E-state index is 11.3. The number of hydrogen-bond acceptors (Lipinski definition) is 3. The third-order valence-corrected chi connectivity index (χ3v) is 2.86. The molecule has 1 aromatic heterocycles. The summed E-state index contributed by atoms with van der Waals surface area (Å²) in [6.07, 6.45) is 0.655. The van der Waals surface area contributed by atoms with Gasteiger partial charge in [-0.2, -0.15) is 0 Å². The lowest BCUT2D eigenvalue weighted by Crippen LogP contribution is -2.09. The number of rotatable bonds is 0. The maximum Gasteiger partial charge on any atom is 0.166 e. The number of aryl methyl sites for hydroxylation is 1. The summed E-state index contributed by atoms with van der Waals surface area (Å²) in [7, 11) is 0. The molecule has 0 aliphatic carbocycles. The van der Waals surface area contributed by atoms with Crippen LogP contribution >= 0.6 is 11.8 Å². The first-order valence-electron chi connectivity index (χ1n) is 3.91. The van der Waals surface area contributed by atoms with Crippen LogP contribution in [0.5, 0.6) is 0 Å². The fraction of sp³-hybridized carbons (Fsp3) is 0.333. The van der Waals surface area contributed by atoms with Gasteiger partial charge in [0, 0.05) is 23.4 Å². The van der Waals surface area contributed by atoms with Gasteiger partial charge in [-0.05, 0) is 19.1 Å². The van der Waals surface area contributed by atoms with Crippen LogP contribution in [-0.2, 0) is 0 Å². The number of ketones is 1. The highest BCUT2D eigenvalue weighted by Gasteiger charge is 2.18. The molecule has 1 aliphatic rings. The molecular formula is C9H9NOS. The molecule has 3 heteroatoms. The second-order valence-corrected chi connectivity index (χ2v) is 3.91. The molecule has 2 heterocycles. The number of hydrogen-bond donors (Lipinski definition) is 0. The van der Waals surface area contributed by atoms with Crippen LogP contribution in [0.2, 0.25) is 0 Å². The second-order valence-electron chi connectivity index (χ2n) is 2.83. The van der Waals surface area contributed by atoms with Crippen molar-refractivity contribution in [1.29, 1.82) is 0 Å². The Morgan fingerprint density at radius 3 is 3.17 bits per heavy atom. The highest BCUT2D eigenvalue weighted by Crippen LogP contribution is 2.27. The smallest absolute Gasteiger partial charge is 0.166 e. The standard InChI is InChI=1S/C9H9NOS/c1-6-2-3-7-8(11)4-5-12-9(7)10-6/h2-3H,4-5H2,1H3. The molecule has 0 radical (unpaired) electrons. The predicted octanol–water partition coefficient (Wildman–Crippen LogP) is 2.07. The van der Waals surface area contributed by atoms with E-state index < -0.39 is 0 Å². The molecule has 0 amide bonds. The first kappa shape index (κ1) is 7.80. The number of carbonyl (C=O) groups excluding carboxylic acids is 1. The quantitative estimate of drug-likeness (QED) is 0.610. The van der Waals surface area contributed by atoms with Crippen LogP contribution in [0.3, 0.4) is 0 Å². The molecule has 1 aromatic rings. The van der Waals surface area contributed by atoms with E-state index in [1.54, 1.807) is 11.8 Å². The lowest BCUT2D eigenvalue weighted by molar-refractivity contribution is 0.0984. The molecule has 0 bridgehead atoms. The van der Waals surface area contributed by atoms with Gasteiger partial charge in [0.05, 0.1) is 0 Å². The molecule has 0 saturated heterocycles. The summed E-state index contributed by atoms with van der Waals surface area (Å²) in [6, 6.07) is 3.77. The molecule has 0 fully saturated rings. The SMILES string of the molecule is Cc1ccc2c(n1)SCCC2=O. The van der Waals surface area contributed by atoms with E-state index in [4.69, 9.17) is 0 Å². The van der Waals surface area contributed by atoms with E-state index in [-0.39, 0.29) is 5.78 Å². The van der Waals surface area contributed by atoms with Crippen LogP contribution in [0.4, 0.5) is 0 Å². The zero-order valence-electron chi connectivity index (χ0n) is 6.83. The molecule has 0 spiro atoms. The van der Waals surface area contributed by atoms with Crippen molar-refractivity contribution in [3.05, 3.63) is 23.4 Å². The number of aromatic nitrogens is 1. The van der Waals surface area contributed by atoms with E-state index in [9.17, 15) is 4.79 Å². The van der Waals surface area contributed by atoms with Crippen molar-refractivity contribution in [2.75, 3.05) is 5.75 Å². The molecule has 1 aliphatic heterocycles. The van der Waals surface area contributed by atoms with Gasteiger partial charge in [0.15, 0.2) is 5.78 Å². The summed E-state index contributed by atoms with van der Waals surface area (Å²) in [5.41, 5.74) is 1.79. The van der Waals surface area contributed by atoms with Crippen molar-refractivity contribution in [1.82, 2.24) is 4.98 Å². The lowest BCUT2D eigenvalue weighted by atomic mass is 10.1. The highest BCUT2D eigenvalue weighted by atomic mass is 32.2. The molecule has 62 valence electrons. The predicted molar refractivity (Wildman–Crippen MR) is 48.6 cm³/mol. The van der Waals surface area contributed by atoms with Gasteiger partial charge in [0.25, 0.3) is 0 Å². The Morgan fingerprint density at radius 1 is 1.50 bits per heavy atom. The van der Waals surface area contributed by atoms with E-state index in [0.29, 0.717) is 6.42 Å². The number of fused-ring (bicyclic) bond motifs is 1. The summed E-state index contributed by atoms with van der Waals surface area (Å²) in [6.45, 7) is 1.94. The molecule has 0 atom stereocenters. The number of pyridine rings is 1. The Labute approximate surface area is 75.4 Å². The van der Waals surface area contributed by atoms with Crippen LogP contribution < -0.4 is 0 Å². The van der Waals surface area contributed by atoms with E-state index in [0.717, 1.165) is 22.0 Å². The molecule has 2 rings (SSSR count). The molecular weight excluding hydrogens is 170 g/mol. The number of Topliss-reactive ketones (excluding diaryl/α,β-unsaturated/α-hetero) is 1. The average molecular weight is 179 g/mol. The van der Waals surface area contributed by atoms with Gasteiger partial charge in [-0.25, -0.2) is 4.98 Å². The van der Waals surface area contributed by atoms with Crippen LogP contribution in [0.1, 0.15) is 22.5 Å². The zero-order chi connectivity index (χ0) is 8.55. The Bertz CT molecular complexity index is 335. The Kier molecular flexibility index (Phi) is 1.89. The van der Waals surface area contributed by atoms with E-state index in [1.165, 1.54) is 0 Å². The Balaban J connectivity index is 2.53. The molecule has 12 heavy (non-hydrogen) atoms. The van der Waals surface area contributed by atoms with E-state index in [2.05, 4.69) is 4.98 Å². The monoisotopic (exact) mass is 179 g/mol. The van der Waals surface area contributed by atoms with Crippen molar-refractivity contribution in [3.8, 4) is 0 Å². The van der Waals surface area contributed by atoms with Gasteiger partial charge in [-0.1, -0.05) is 0 Å². The number of carbonyl (C=O) groups is 1. The van der Waals surface area contributed by atoms with Gasteiger partial charge in [-0.15, -0.1) is 11.8 Å². The van der Waals surface area contributed by atoms with Gasteiger partial charge >= 0.3 is 0 Å². The second kappa shape index (κ2) is 2.90. The maximum absolute atomic E-state index is 11.3. The molecule has 2 nitrogen and oxygen atoms in total. The molecule has 0 aromatic carbocycles. The van der Waals surface area contributed by atoms with Crippen molar-refractivity contribution >= 4 is 17.5 Å². The summed E-state index contributed by atoms with van der Waals surface area (Å²) >= 11 is 1.67. The van der Waals surface area contributed by atoms with Crippen molar-refractivity contribution in [2.45, 2.75) is 18.4 Å². The van der Waals surface area contributed by atoms with Crippen LogP contribution in [0.15, 0.2) is 17.2 Å². The molecule has 0 saturated carbocycles. The van der Waals surface area contributed by atoms with Gasteiger partial charge in [-0.3, -0.25) is 4.79 Å². The van der Waals surface area contributed by atoms with Gasteiger partial charge in [0.1, 0.15) is 5.03 Å². The third-order valence-electron chi connectivity index (χ3n) is 1.87. The topological polar surface area (TPSA) is 30.0 Å². The fourth-order valence-electron chi connectivity index (χ4n) is 1.23. The Morgan fingerprint density at radius 2 is 2.33 bits per heavy atom. The molecule has 0 N–H and O–H groups in total. The summed E-state index contributed by atoms with van der Waals surface area (Å²) in [4.78, 5) is 15.6. The number of thioether (sulfide) groups is 1. The van der Waals surface area contributed by atoms with Crippen molar-refractivity contribution in [2.24, 2.45) is 0 Å². The largest absolute Gasteiger partial charge is 0.294 e. The first-order chi connectivity index (χ1) is 5.77. The van der Waals surface area contributed by atoms with Crippen molar-refractivity contribution in [3.63, 3.8) is 0 Å². The van der Waals surface area contributed by atoms with Crippen molar-refractivity contribution < 1.29 is 4.79 Å². The van der Waals surface area contributed by atoms with Gasteiger partial charge < -0.3 is 0 Å². The minimum absolute atomic E-state index is 0.233. The van der Waals surface area contributed by atoms with Crippen LogP contribution in [0, 0.1) is 6.92 Å². The van der Waals surface area contributed by atoms with E-state index in [1.807, 2.05) is 19.1 Å². The summed E-state index contributed by atoms with van der Waals surface area (Å²) < 4.78 is 0. The highest BCUT2D eigenvalue weighted by molar-refractivity contribution is 7.99. The third kappa shape index (κ3) is 1.25. The zero-order valence-corrected chi connectivity index (χ0v) is 7.65. The normalized spacial score (nSPS) is 15.9. The minimum atomic E-state index is 0.233. The lowest BCUT2D eigenvalue weighted by Gasteiger charge is -2.12. The first-order valence-corrected chi connectivity index (χ1v) is 4.89. The molecule has 0 unspecified atom stereocenters. The van der Waals surface area contributed by atoms with E-state index >= 15 is 0 Å². The summed E-state index contributed by atoms with van der Waals surface area (Å²) in [5.74, 6) is 1.11. The fourth-order valence-corrected chi connectivity index (χ4v) is 2.26. The minimum Gasteiger partial charge on any atom is -0.294 e. The summed E-state index contributed by atoms with van der Waals surface area (Å²) in [5, 5.41) is 0.909.